The fourth-order valence-electron chi connectivity index (χ4n) is 3.95. The summed E-state index contributed by atoms with van der Waals surface area (Å²) in [6.45, 7) is 5.52. The second-order valence-electron chi connectivity index (χ2n) is 8.77. The SMILES string of the molecule is CC(=O)OCC1=C2/C(=C\[C@@]3(C)CC[C@](O)(O3)[C@H](C)C[C@H]2OC(=O)C(C)(O)CCl)OC1=O. The van der Waals surface area contributed by atoms with Crippen LogP contribution in [0.4, 0.5) is 0 Å². The Kier molecular flexibility index (Phi) is 6.27. The lowest BCUT2D eigenvalue weighted by Gasteiger charge is -2.33. The number of hydrogen-bond acceptors (Lipinski definition) is 9. The van der Waals surface area contributed by atoms with Gasteiger partial charge in [0.25, 0.3) is 0 Å². The zero-order valence-corrected chi connectivity index (χ0v) is 18.7. The molecule has 0 spiro atoms. The van der Waals surface area contributed by atoms with E-state index in [2.05, 4.69) is 0 Å². The van der Waals surface area contributed by atoms with E-state index in [1.165, 1.54) is 13.8 Å². The summed E-state index contributed by atoms with van der Waals surface area (Å²) in [7, 11) is 0. The molecule has 10 heteroatoms. The van der Waals surface area contributed by atoms with Gasteiger partial charge in [-0.3, -0.25) is 4.79 Å². The number of fused-ring (bicyclic) bond motifs is 3. The van der Waals surface area contributed by atoms with Crippen LogP contribution in [0, 0.1) is 5.92 Å². The topological polar surface area (TPSA) is 129 Å². The lowest BCUT2D eigenvalue weighted by Crippen LogP contribution is -2.43. The standard InChI is InChI=1S/C21H27ClO9/c1-11-7-14(30-18(25)20(4,26)10-22)16-13(9-28-12(2)23)17(24)29-15(16)8-19(3)5-6-21(11,27)31-19/h8,11,14,26-27H,5-7,9-10H2,1-4H3/b15-8+/t11-,14-,19-,20?,21+/m1/s1. The van der Waals surface area contributed by atoms with E-state index in [9.17, 15) is 24.6 Å². The van der Waals surface area contributed by atoms with E-state index >= 15 is 0 Å². The maximum atomic E-state index is 12.6. The van der Waals surface area contributed by atoms with Gasteiger partial charge in [-0.1, -0.05) is 6.92 Å². The van der Waals surface area contributed by atoms with Crippen LogP contribution in [0.1, 0.15) is 47.0 Å². The molecule has 0 aromatic rings. The molecule has 0 amide bonds. The van der Waals surface area contributed by atoms with Crippen LogP contribution < -0.4 is 0 Å². The van der Waals surface area contributed by atoms with Gasteiger partial charge < -0.3 is 29.2 Å². The summed E-state index contributed by atoms with van der Waals surface area (Å²) in [5, 5.41) is 21.3. The van der Waals surface area contributed by atoms with Gasteiger partial charge in [0.05, 0.1) is 17.1 Å². The average Bonchev–Trinajstić information content (AvgIpc) is 3.15. The zero-order chi connectivity index (χ0) is 23.2. The molecular weight excluding hydrogens is 432 g/mol. The second kappa shape index (κ2) is 8.20. The van der Waals surface area contributed by atoms with Gasteiger partial charge in [-0.2, -0.15) is 0 Å². The van der Waals surface area contributed by atoms with Crippen molar-refractivity contribution in [2.45, 2.75) is 70.1 Å². The van der Waals surface area contributed by atoms with Crippen molar-refractivity contribution < 1.29 is 43.5 Å². The molecule has 172 valence electrons. The highest BCUT2D eigenvalue weighted by Gasteiger charge is 2.52. The molecule has 31 heavy (non-hydrogen) atoms. The van der Waals surface area contributed by atoms with Crippen LogP contribution in [-0.2, 0) is 33.3 Å². The predicted molar refractivity (Wildman–Crippen MR) is 107 cm³/mol. The molecule has 0 aromatic carbocycles. The first kappa shape index (κ1) is 23.7. The fourth-order valence-corrected chi connectivity index (χ4v) is 4.05. The Balaban J connectivity index is 2.11. The Morgan fingerprint density at radius 1 is 1.39 bits per heavy atom. The summed E-state index contributed by atoms with van der Waals surface area (Å²) in [5.41, 5.74) is -2.66. The number of rotatable bonds is 5. The van der Waals surface area contributed by atoms with Crippen molar-refractivity contribution in [2.75, 3.05) is 12.5 Å². The third-order valence-electron chi connectivity index (χ3n) is 5.89. The molecule has 2 bridgehead atoms. The van der Waals surface area contributed by atoms with Crippen LogP contribution in [0.5, 0.6) is 0 Å². The average molecular weight is 459 g/mol. The minimum atomic E-state index is -1.97. The van der Waals surface area contributed by atoms with E-state index in [4.69, 9.17) is 30.5 Å². The third kappa shape index (κ3) is 4.64. The summed E-state index contributed by atoms with van der Waals surface area (Å²) in [4.78, 5) is 36.5. The van der Waals surface area contributed by atoms with Crippen molar-refractivity contribution in [3.63, 3.8) is 0 Å². The van der Waals surface area contributed by atoms with Gasteiger partial charge in [0, 0.05) is 24.8 Å². The van der Waals surface area contributed by atoms with Gasteiger partial charge in [0.1, 0.15) is 18.5 Å². The molecule has 1 unspecified atom stereocenters. The molecule has 1 saturated heterocycles. The van der Waals surface area contributed by atoms with E-state index < -0.39 is 52.8 Å². The lowest BCUT2D eigenvalue weighted by molar-refractivity contribution is -0.239. The van der Waals surface area contributed by atoms with Crippen molar-refractivity contribution in [2.24, 2.45) is 5.92 Å². The molecule has 3 heterocycles. The number of carbonyl (C=O) groups is 3. The van der Waals surface area contributed by atoms with Gasteiger partial charge in [0.2, 0.25) is 0 Å². The van der Waals surface area contributed by atoms with E-state index in [0.29, 0.717) is 12.8 Å². The Hall–Kier alpha value is -1.94. The molecule has 5 atom stereocenters. The number of halogens is 1. The Bertz CT molecular complexity index is 861. The molecule has 0 saturated carbocycles. The highest BCUT2D eigenvalue weighted by Crippen LogP contribution is 2.47. The molecule has 0 radical (unpaired) electrons. The number of aliphatic hydroxyl groups is 2. The maximum absolute atomic E-state index is 12.6. The number of esters is 3. The molecule has 3 rings (SSSR count). The molecule has 3 aliphatic rings. The molecular formula is C21H27ClO9. The Morgan fingerprint density at radius 3 is 2.68 bits per heavy atom. The van der Waals surface area contributed by atoms with E-state index in [1.54, 1.807) is 19.9 Å². The monoisotopic (exact) mass is 458 g/mol. The van der Waals surface area contributed by atoms with Crippen molar-refractivity contribution in [1.82, 2.24) is 0 Å². The fraction of sp³-hybridized carbons (Fsp3) is 0.667. The van der Waals surface area contributed by atoms with Gasteiger partial charge in [-0.05, 0) is 32.8 Å². The van der Waals surface area contributed by atoms with Crippen LogP contribution >= 0.6 is 11.6 Å². The molecule has 1 fully saturated rings. The number of alkyl halides is 1. The molecule has 0 aromatic heterocycles. The summed E-state index contributed by atoms with van der Waals surface area (Å²) in [6, 6.07) is 0. The smallest absolute Gasteiger partial charge is 0.343 e. The summed E-state index contributed by atoms with van der Waals surface area (Å²) < 4.78 is 22.0. The first-order valence-corrected chi connectivity index (χ1v) is 10.6. The minimum Gasteiger partial charge on any atom is -0.461 e. The minimum absolute atomic E-state index is 0.0188. The second-order valence-corrected chi connectivity index (χ2v) is 9.04. The summed E-state index contributed by atoms with van der Waals surface area (Å²) in [5.74, 6) is -4.63. The largest absolute Gasteiger partial charge is 0.461 e. The van der Waals surface area contributed by atoms with E-state index in [1.807, 2.05) is 0 Å². The van der Waals surface area contributed by atoms with Gasteiger partial charge in [0.15, 0.2) is 11.4 Å². The maximum Gasteiger partial charge on any atom is 0.343 e. The molecule has 3 aliphatic heterocycles. The van der Waals surface area contributed by atoms with Crippen LogP contribution in [-0.4, -0.2) is 63.7 Å². The molecule has 0 aliphatic carbocycles. The van der Waals surface area contributed by atoms with Crippen LogP contribution in [0.25, 0.3) is 0 Å². The van der Waals surface area contributed by atoms with Gasteiger partial charge in [-0.25, -0.2) is 9.59 Å². The van der Waals surface area contributed by atoms with E-state index in [-0.39, 0.29) is 29.9 Å². The van der Waals surface area contributed by atoms with Crippen molar-refractivity contribution in [3.8, 4) is 0 Å². The Morgan fingerprint density at radius 2 is 2.06 bits per heavy atom. The summed E-state index contributed by atoms with van der Waals surface area (Å²) >= 11 is 5.69. The summed E-state index contributed by atoms with van der Waals surface area (Å²) in [6.07, 6.45) is 1.35. The van der Waals surface area contributed by atoms with Crippen LogP contribution in [0.15, 0.2) is 23.0 Å². The van der Waals surface area contributed by atoms with Crippen LogP contribution in [0.3, 0.4) is 0 Å². The van der Waals surface area contributed by atoms with E-state index in [0.717, 1.165) is 0 Å². The lowest BCUT2D eigenvalue weighted by atomic mass is 9.85. The zero-order valence-electron chi connectivity index (χ0n) is 17.9. The normalized spacial score (nSPS) is 36.2. The molecule has 9 nitrogen and oxygen atoms in total. The van der Waals surface area contributed by atoms with Gasteiger partial charge in [-0.15, -0.1) is 11.6 Å². The number of ether oxygens (including phenoxy) is 4. The quantitative estimate of drug-likeness (QED) is 0.357. The first-order chi connectivity index (χ1) is 14.3. The third-order valence-corrected chi connectivity index (χ3v) is 6.41. The van der Waals surface area contributed by atoms with Crippen molar-refractivity contribution >= 4 is 29.5 Å². The van der Waals surface area contributed by atoms with Crippen molar-refractivity contribution in [3.05, 3.63) is 23.0 Å². The first-order valence-electron chi connectivity index (χ1n) is 10.0. The molecule has 2 N–H and O–H groups in total. The van der Waals surface area contributed by atoms with Crippen molar-refractivity contribution in [1.29, 1.82) is 0 Å². The number of hydrogen-bond donors (Lipinski definition) is 2. The highest BCUT2D eigenvalue weighted by atomic mass is 35.5. The van der Waals surface area contributed by atoms with Gasteiger partial charge >= 0.3 is 17.9 Å². The Labute approximate surface area is 184 Å². The van der Waals surface area contributed by atoms with Crippen LogP contribution in [0.2, 0.25) is 0 Å². The predicted octanol–water partition coefficient (Wildman–Crippen LogP) is 1.49. The number of carbonyl (C=O) groups excluding carboxylic acids is 3. The highest BCUT2D eigenvalue weighted by molar-refractivity contribution is 6.20.